The smallest absolute Gasteiger partial charge is 0.233 e. The first kappa shape index (κ1) is 21.9. The Kier molecular flexibility index (Phi) is 6.78. The zero-order chi connectivity index (χ0) is 21.9. The van der Waals surface area contributed by atoms with Crippen LogP contribution in [0.2, 0.25) is 0 Å². The Morgan fingerprint density at radius 2 is 1.88 bits per heavy atom. The van der Waals surface area contributed by atoms with E-state index in [0.29, 0.717) is 30.1 Å². The van der Waals surface area contributed by atoms with Crippen molar-refractivity contribution in [3.63, 3.8) is 0 Å². The minimum Gasteiger partial charge on any atom is -0.376 e. The number of hydrogen-bond acceptors (Lipinski definition) is 5. The number of hydrogen-bond donors (Lipinski definition) is 0. The zero-order valence-corrected chi connectivity index (χ0v) is 19.2. The first-order valence-electron chi connectivity index (χ1n) is 11.9. The fourth-order valence-electron chi connectivity index (χ4n) is 5.51. The number of piperidine rings is 1. The van der Waals surface area contributed by atoms with E-state index in [0.717, 1.165) is 49.6 Å². The number of fused-ring (bicyclic) bond motifs is 1. The van der Waals surface area contributed by atoms with Crippen molar-refractivity contribution in [3.8, 4) is 11.4 Å². The maximum atomic E-state index is 13.4. The number of carbonyl (C=O) groups is 1. The van der Waals surface area contributed by atoms with Crippen LogP contribution in [0.15, 0.2) is 29.4 Å². The molecule has 172 valence electrons. The van der Waals surface area contributed by atoms with Crippen LogP contribution in [-0.4, -0.2) is 56.6 Å². The fraction of sp³-hybridized carbons (Fsp3) is 0.625. The standard InChI is InChI=1S/C24H31FN4O2S/c25-19-11-9-18(10-12-19)23-26-27-24(29(23)15-20-7-4-14-31-20)32-16-22(30)28-13-3-6-17-5-1-2-8-21(17)28/h9-12,17,20-21H,1-8,13-16H2. The highest BCUT2D eigenvalue weighted by atomic mass is 32.2. The van der Waals surface area contributed by atoms with E-state index in [9.17, 15) is 9.18 Å². The van der Waals surface area contributed by atoms with E-state index in [1.165, 1.54) is 49.6 Å². The second kappa shape index (κ2) is 9.91. The average molecular weight is 459 g/mol. The molecule has 1 amide bonds. The summed E-state index contributed by atoms with van der Waals surface area (Å²) < 4.78 is 21.3. The second-order valence-corrected chi connectivity index (χ2v) is 10.1. The maximum Gasteiger partial charge on any atom is 0.233 e. The Labute approximate surface area is 192 Å². The molecule has 6 nitrogen and oxygen atoms in total. The molecule has 2 aromatic rings. The van der Waals surface area contributed by atoms with Crippen LogP contribution in [-0.2, 0) is 16.1 Å². The van der Waals surface area contributed by atoms with Crippen molar-refractivity contribution in [2.45, 2.75) is 75.2 Å². The normalized spacial score (nSPS) is 25.7. The molecule has 0 radical (unpaired) electrons. The van der Waals surface area contributed by atoms with Gasteiger partial charge in [-0.2, -0.15) is 0 Å². The Balaban J connectivity index is 1.32. The van der Waals surface area contributed by atoms with Gasteiger partial charge in [0, 0.05) is 24.8 Å². The summed E-state index contributed by atoms with van der Waals surface area (Å²) in [6.45, 7) is 2.30. The average Bonchev–Trinajstić information content (AvgIpc) is 3.48. The zero-order valence-electron chi connectivity index (χ0n) is 18.4. The van der Waals surface area contributed by atoms with E-state index in [1.807, 2.05) is 4.57 Å². The molecule has 3 aliphatic rings. The van der Waals surface area contributed by atoms with Crippen LogP contribution >= 0.6 is 11.8 Å². The van der Waals surface area contributed by atoms with Gasteiger partial charge in [-0.3, -0.25) is 9.36 Å². The molecule has 0 N–H and O–H groups in total. The van der Waals surface area contributed by atoms with Crippen LogP contribution in [0.1, 0.15) is 51.4 Å². The van der Waals surface area contributed by atoms with Gasteiger partial charge in [-0.05, 0) is 68.7 Å². The van der Waals surface area contributed by atoms with Gasteiger partial charge in [-0.1, -0.05) is 24.6 Å². The fourth-order valence-corrected chi connectivity index (χ4v) is 6.34. The van der Waals surface area contributed by atoms with Crippen LogP contribution in [0.4, 0.5) is 4.39 Å². The molecule has 3 fully saturated rings. The molecule has 1 aromatic heterocycles. The van der Waals surface area contributed by atoms with Crippen molar-refractivity contribution >= 4 is 17.7 Å². The van der Waals surface area contributed by atoms with Crippen molar-refractivity contribution in [1.82, 2.24) is 19.7 Å². The highest BCUT2D eigenvalue weighted by Crippen LogP contribution is 2.36. The number of ether oxygens (including phenoxy) is 1. The van der Waals surface area contributed by atoms with E-state index in [4.69, 9.17) is 4.74 Å². The molecule has 0 bridgehead atoms. The Morgan fingerprint density at radius 3 is 2.69 bits per heavy atom. The van der Waals surface area contributed by atoms with Gasteiger partial charge in [-0.15, -0.1) is 10.2 Å². The number of likely N-dealkylation sites (tertiary alicyclic amines) is 1. The van der Waals surface area contributed by atoms with Gasteiger partial charge in [-0.25, -0.2) is 4.39 Å². The molecule has 32 heavy (non-hydrogen) atoms. The van der Waals surface area contributed by atoms with Gasteiger partial charge in [0.05, 0.1) is 18.4 Å². The van der Waals surface area contributed by atoms with Gasteiger partial charge in [0.15, 0.2) is 11.0 Å². The Morgan fingerprint density at radius 1 is 1.06 bits per heavy atom. The summed E-state index contributed by atoms with van der Waals surface area (Å²) in [6.07, 6.45) is 9.48. The number of thioether (sulfide) groups is 1. The first-order valence-corrected chi connectivity index (χ1v) is 12.9. The third kappa shape index (κ3) is 4.71. The number of nitrogens with zero attached hydrogens (tertiary/aromatic N) is 4. The van der Waals surface area contributed by atoms with Crippen LogP contribution in [0.5, 0.6) is 0 Å². The van der Waals surface area contributed by atoms with Crippen molar-refractivity contribution in [3.05, 3.63) is 30.1 Å². The Hall–Kier alpha value is -1.93. The van der Waals surface area contributed by atoms with Gasteiger partial charge in [0.1, 0.15) is 5.82 Å². The molecule has 1 aromatic carbocycles. The molecule has 0 spiro atoms. The third-order valence-electron chi connectivity index (χ3n) is 7.12. The number of aromatic nitrogens is 3. The summed E-state index contributed by atoms with van der Waals surface area (Å²) in [7, 11) is 0. The summed E-state index contributed by atoms with van der Waals surface area (Å²) in [5.74, 6) is 1.68. The van der Waals surface area contributed by atoms with Crippen LogP contribution < -0.4 is 0 Å². The third-order valence-corrected chi connectivity index (χ3v) is 8.07. The largest absolute Gasteiger partial charge is 0.376 e. The van der Waals surface area contributed by atoms with Crippen LogP contribution in [0.3, 0.4) is 0 Å². The molecule has 3 unspecified atom stereocenters. The van der Waals surface area contributed by atoms with Crippen molar-refractivity contribution in [2.24, 2.45) is 5.92 Å². The van der Waals surface area contributed by atoms with E-state index in [2.05, 4.69) is 15.1 Å². The Bertz CT molecular complexity index is 927. The van der Waals surface area contributed by atoms with Gasteiger partial charge in [0.2, 0.25) is 5.91 Å². The lowest BCUT2D eigenvalue weighted by Gasteiger charge is -2.44. The number of benzene rings is 1. The predicted molar refractivity (Wildman–Crippen MR) is 122 cm³/mol. The summed E-state index contributed by atoms with van der Waals surface area (Å²) in [5, 5.41) is 9.54. The van der Waals surface area contributed by atoms with E-state index in [1.54, 1.807) is 12.1 Å². The van der Waals surface area contributed by atoms with Crippen molar-refractivity contribution < 1.29 is 13.9 Å². The first-order chi connectivity index (χ1) is 15.7. The molecule has 8 heteroatoms. The summed E-state index contributed by atoms with van der Waals surface area (Å²) in [4.78, 5) is 15.3. The topological polar surface area (TPSA) is 60.3 Å². The second-order valence-electron chi connectivity index (χ2n) is 9.19. The summed E-state index contributed by atoms with van der Waals surface area (Å²) in [6, 6.07) is 6.75. The lowest BCUT2D eigenvalue weighted by Crippen LogP contribution is -2.50. The van der Waals surface area contributed by atoms with E-state index < -0.39 is 0 Å². The number of halogens is 1. The number of rotatable bonds is 6. The summed E-state index contributed by atoms with van der Waals surface area (Å²) >= 11 is 1.46. The molecule has 1 aliphatic carbocycles. The van der Waals surface area contributed by atoms with Crippen molar-refractivity contribution in [1.29, 1.82) is 0 Å². The molecular weight excluding hydrogens is 427 g/mol. The SMILES string of the molecule is O=C(CSc1nnc(-c2ccc(F)cc2)n1CC1CCCO1)N1CCCC2CCCCC21. The highest BCUT2D eigenvalue weighted by Gasteiger charge is 2.35. The molecule has 2 saturated heterocycles. The van der Waals surface area contributed by atoms with Gasteiger partial charge < -0.3 is 9.64 Å². The minimum absolute atomic E-state index is 0.116. The molecule has 1 saturated carbocycles. The van der Waals surface area contributed by atoms with Crippen molar-refractivity contribution in [2.75, 3.05) is 18.9 Å². The highest BCUT2D eigenvalue weighted by molar-refractivity contribution is 7.99. The maximum absolute atomic E-state index is 13.4. The lowest BCUT2D eigenvalue weighted by atomic mass is 9.78. The van der Waals surface area contributed by atoms with Crippen LogP contribution in [0.25, 0.3) is 11.4 Å². The molecule has 3 atom stereocenters. The molecular formula is C24H31FN4O2S. The number of carbonyl (C=O) groups excluding carboxylic acids is 1. The predicted octanol–water partition coefficient (Wildman–Crippen LogP) is 4.54. The lowest BCUT2D eigenvalue weighted by molar-refractivity contribution is -0.134. The molecule has 5 rings (SSSR count). The van der Waals surface area contributed by atoms with Crippen LogP contribution in [0, 0.1) is 11.7 Å². The minimum atomic E-state index is -0.276. The molecule has 3 heterocycles. The monoisotopic (exact) mass is 458 g/mol. The van der Waals surface area contributed by atoms with Gasteiger partial charge in [0.25, 0.3) is 0 Å². The van der Waals surface area contributed by atoms with E-state index in [-0.39, 0.29) is 17.8 Å². The quantitative estimate of drug-likeness (QED) is 0.595. The van der Waals surface area contributed by atoms with E-state index >= 15 is 0 Å². The summed E-state index contributed by atoms with van der Waals surface area (Å²) in [5.41, 5.74) is 0.816. The van der Waals surface area contributed by atoms with Gasteiger partial charge >= 0.3 is 0 Å². The molecule has 2 aliphatic heterocycles. The number of amides is 1.